The molecule has 0 radical (unpaired) electrons. The van der Waals surface area contributed by atoms with Crippen LogP contribution in [0.25, 0.3) is 0 Å². The van der Waals surface area contributed by atoms with Gasteiger partial charge >= 0.3 is 5.97 Å². The highest BCUT2D eigenvalue weighted by Crippen LogP contribution is 2.35. The molecule has 0 aromatic rings. The van der Waals surface area contributed by atoms with E-state index in [1.807, 2.05) is 0 Å². The maximum absolute atomic E-state index is 10.4. The third-order valence-electron chi connectivity index (χ3n) is 2.33. The summed E-state index contributed by atoms with van der Waals surface area (Å²) in [6.07, 6.45) is 2.74. The van der Waals surface area contributed by atoms with Gasteiger partial charge in [0.2, 0.25) is 0 Å². The molecule has 1 saturated carbocycles. The highest BCUT2D eigenvalue weighted by molar-refractivity contribution is 5.77. The Balaban J connectivity index is 2.57. The fraction of sp³-hybridized carbons (Fsp3) is 0.857. The van der Waals surface area contributed by atoms with Gasteiger partial charge in [0.15, 0.2) is 5.60 Å². The van der Waals surface area contributed by atoms with Crippen molar-refractivity contribution in [3.05, 3.63) is 0 Å². The minimum Gasteiger partial charge on any atom is -0.479 e. The van der Waals surface area contributed by atoms with Crippen molar-refractivity contribution in [3.63, 3.8) is 0 Å². The van der Waals surface area contributed by atoms with Crippen LogP contribution in [0.2, 0.25) is 0 Å². The van der Waals surface area contributed by atoms with Crippen molar-refractivity contribution >= 4 is 5.97 Å². The van der Waals surface area contributed by atoms with Gasteiger partial charge in [-0.2, -0.15) is 0 Å². The molecule has 0 amide bonds. The molecular weight excluding hydrogens is 132 g/mol. The smallest absolute Gasteiger partial charge is 0.335 e. The van der Waals surface area contributed by atoms with Gasteiger partial charge in [-0.1, -0.05) is 6.42 Å². The van der Waals surface area contributed by atoms with E-state index in [2.05, 4.69) is 0 Å². The van der Waals surface area contributed by atoms with Crippen LogP contribution in [0.5, 0.6) is 0 Å². The summed E-state index contributed by atoms with van der Waals surface area (Å²) in [6, 6.07) is 0. The summed E-state index contributed by atoms with van der Waals surface area (Å²) in [5, 5.41) is 17.8. The molecule has 0 aliphatic heterocycles. The van der Waals surface area contributed by atoms with E-state index in [1.54, 1.807) is 0 Å². The van der Waals surface area contributed by atoms with Crippen LogP contribution >= 0.6 is 0 Å². The predicted octanol–water partition coefficient (Wildman–Crippen LogP) is 0.622. The van der Waals surface area contributed by atoms with Crippen molar-refractivity contribution in [2.75, 3.05) is 0 Å². The quantitative estimate of drug-likeness (QED) is 0.597. The number of aliphatic hydroxyl groups is 1. The molecule has 1 rings (SSSR count). The normalized spacial score (nSPS) is 25.0. The monoisotopic (exact) mass is 144 g/mol. The Bertz CT molecular complexity index is 147. The van der Waals surface area contributed by atoms with Crippen LogP contribution in [0.1, 0.15) is 26.2 Å². The number of carboxylic acids is 1. The molecule has 0 saturated heterocycles. The number of rotatable bonds is 2. The van der Waals surface area contributed by atoms with Gasteiger partial charge in [-0.15, -0.1) is 0 Å². The summed E-state index contributed by atoms with van der Waals surface area (Å²) >= 11 is 0. The van der Waals surface area contributed by atoms with Crippen LogP contribution < -0.4 is 0 Å². The van der Waals surface area contributed by atoms with E-state index < -0.39 is 11.6 Å². The number of carbonyl (C=O) groups is 1. The Kier molecular flexibility index (Phi) is 1.68. The molecule has 0 aromatic heterocycles. The second-order valence-electron chi connectivity index (χ2n) is 3.08. The SMILES string of the molecule is CC(O)(C(=O)O)C1CCC1. The number of carboxylic acid groups (broad SMARTS) is 1. The molecule has 1 aliphatic rings. The molecule has 3 nitrogen and oxygen atoms in total. The lowest BCUT2D eigenvalue weighted by Gasteiger charge is -2.35. The largest absolute Gasteiger partial charge is 0.479 e. The van der Waals surface area contributed by atoms with E-state index in [0.29, 0.717) is 0 Å². The van der Waals surface area contributed by atoms with E-state index in [9.17, 15) is 9.90 Å². The Morgan fingerprint density at radius 3 is 2.20 bits per heavy atom. The molecule has 1 aliphatic carbocycles. The van der Waals surface area contributed by atoms with Crippen LogP contribution in [-0.2, 0) is 4.79 Å². The Morgan fingerprint density at radius 1 is 1.60 bits per heavy atom. The molecule has 1 atom stereocenters. The third-order valence-corrected chi connectivity index (χ3v) is 2.33. The second kappa shape index (κ2) is 2.23. The van der Waals surface area contributed by atoms with E-state index in [0.717, 1.165) is 19.3 Å². The van der Waals surface area contributed by atoms with Gasteiger partial charge in [-0.3, -0.25) is 0 Å². The summed E-state index contributed by atoms with van der Waals surface area (Å²) in [6.45, 7) is 1.37. The molecule has 1 fully saturated rings. The second-order valence-corrected chi connectivity index (χ2v) is 3.08. The van der Waals surface area contributed by atoms with Crippen LogP contribution in [-0.4, -0.2) is 21.8 Å². The number of hydrogen-bond donors (Lipinski definition) is 2. The number of aliphatic carboxylic acids is 1. The van der Waals surface area contributed by atoms with E-state index in [4.69, 9.17) is 5.11 Å². The van der Waals surface area contributed by atoms with Crippen molar-refractivity contribution in [2.24, 2.45) is 5.92 Å². The average molecular weight is 144 g/mol. The molecular formula is C7H12O3. The first-order valence-corrected chi connectivity index (χ1v) is 3.51. The van der Waals surface area contributed by atoms with Crippen molar-refractivity contribution in [3.8, 4) is 0 Å². The van der Waals surface area contributed by atoms with Crippen LogP contribution in [0, 0.1) is 5.92 Å². The molecule has 58 valence electrons. The lowest BCUT2D eigenvalue weighted by molar-refractivity contribution is -0.166. The Labute approximate surface area is 59.7 Å². The van der Waals surface area contributed by atoms with Gasteiger partial charge in [0.25, 0.3) is 0 Å². The van der Waals surface area contributed by atoms with Gasteiger partial charge in [0.1, 0.15) is 0 Å². The van der Waals surface area contributed by atoms with Crippen molar-refractivity contribution in [1.29, 1.82) is 0 Å². The molecule has 0 bridgehead atoms. The lowest BCUT2D eigenvalue weighted by atomic mass is 9.74. The van der Waals surface area contributed by atoms with Crippen LogP contribution in [0.15, 0.2) is 0 Å². The predicted molar refractivity (Wildman–Crippen MR) is 35.6 cm³/mol. The topological polar surface area (TPSA) is 57.5 Å². The Morgan fingerprint density at radius 2 is 2.10 bits per heavy atom. The fourth-order valence-electron chi connectivity index (χ4n) is 1.14. The summed E-state index contributed by atoms with van der Waals surface area (Å²) in [4.78, 5) is 10.4. The zero-order chi connectivity index (χ0) is 7.78. The summed E-state index contributed by atoms with van der Waals surface area (Å²) < 4.78 is 0. The molecule has 0 spiro atoms. The zero-order valence-electron chi connectivity index (χ0n) is 6.00. The molecule has 3 heteroatoms. The van der Waals surface area contributed by atoms with Gasteiger partial charge < -0.3 is 10.2 Å². The average Bonchev–Trinajstić information content (AvgIpc) is 1.57. The maximum Gasteiger partial charge on any atom is 0.335 e. The molecule has 0 aromatic carbocycles. The molecule has 1 unspecified atom stereocenters. The third kappa shape index (κ3) is 1.01. The van der Waals surface area contributed by atoms with Gasteiger partial charge in [-0.05, 0) is 25.7 Å². The molecule has 2 N–H and O–H groups in total. The first kappa shape index (κ1) is 7.54. The van der Waals surface area contributed by atoms with Crippen LogP contribution in [0.4, 0.5) is 0 Å². The van der Waals surface area contributed by atoms with Crippen molar-refractivity contribution in [2.45, 2.75) is 31.8 Å². The standard InChI is InChI=1S/C7H12O3/c1-7(10,6(8)9)5-3-2-4-5/h5,10H,2-4H2,1H3,(H,8,9). The highest BCUT2D eigenvalue weighted by Gasteiger charge is 2.42. The first-order valence-electron chi connectivity index (χ1n) is 3.51. The minimum absolute atomic E-state index is 0.0231. The highest BCUT2D eigenvalue weighted by atomic mass is 16.4. The fourth-order valence-corrected chi connectivity index (χ4v) is 1.14. The van der Waals surface area contributed by atoms with Crippen LogP contribution in [0.3, 0.4) is 0 Å². The molecule has 10 heavy (non-hydrogen) atoms. The van der Waals surface area contributed by atoms with E-state index in [1.165, 1.54) is 6.92 Å². The maximum atomic E-state index is 10.4. The lowest BCUT2D eigenvalue weighted by Crippen LogP contribution is -2.45. The van der Waals surface area contributed by atoms with E-state index in [-0.39, 0.29) is 5.92 Å². The summed E-state index contributed by atoms with van der Waals surface area (Å²) in [7, 11) is 0. The summed E-state index contributed by atoms with van der Waals surface area (Å²) in [5.41, 5.74) is -1.49. The number of hydrogen-bond acceptors (Lipinski definition) is 2. The molecule has 0 heterocycles. The Hall–Kier alpha value is -0.570. The summed E-state index contributed by atoms with van der Waals surface area (Å²) in [5.74, 6) is -1.12. The van der Waals surface area contributed by atoms with Crippen molar-refractivity contribution in [1.82, 2.24) is 0 Å². The first-order chi connectivity index (χ1) is 4.55. The zero-order valence-corrected chi connectivity index (χ0v) is 6.00. The van der Waals surface area contributed by atoms with Gasteiger partial charge in [-0.25, -0.2) is 4.79 Å². The van der Waals surface area contributed by atoms with E-state index >= 15 is 0 Å². The van der Waals surface area contributed by atoms with Gasteiger partial charge in [0.05, 0.1) is 0 Å². The van der Waals surface area contributed by atoms with Crippen molar-refractivity contribution < 1.29 is 15.0 Å². The van der Waals surface area contributed by atoms with Gasteiger partial charge in [0, 0.05) is 0 Å². The minimum atomic E-state index is -1.49.